The zero-order valence-electron chi connectivity index (χ0n) is 40.5. The van der Waals surface area contributed by atoms with Crippen LogP contribution in [0.4, 0.5) is 0 Å². The van der Waals surface area contributed by atoms with Gasteiger partial charge in [0.1, 0.15) is 23.1 Å². The molecule has 23 heteroatoms. The highest BCUT2D eigenvalue weighted by molar-refractivity contribution is 6.34. The van der Waals surface area contributed by atoms with Crippen LogP contribution in [0.15, 0.2) is 110 Å². The van der Waals surface area contributed by atoms with E-state index in [1.54, 1.807) is 50.5 Å². The molecule has 4 amide bonds. The minimum atomic E-state index is -0.811. The lowest BCUT2D eigenvalue weighted by Gasteiger charge is -2.26. The topological polar surface area (TPSA) is 257 Å². The monoisotopic (exact) mass is 1070 g/mol. The number of nitrogens with zero attached hydrogens (tertiary/aromatic N) is 11. The summed E-state index contributed by atoms with van der Waals surface area (Å²) in [5.74, 6) is -1.44. The molecule has 8 aromatic rings. The molecular formula is C52H46Cl3N13O7. The van der Waals surface area contributed by atoms with E-state index in [1.165, 1.54) is 27.0 Å². The van der Waals surface area contributed by atoms with E-state index in [4.69, 9.17) is 39.6 Å². The van der Waals surface area contributed by atoms with Crippen molar-refractivity contribution in [1.82, 2.24) is 65.5 Å². The van der Waals surface area contributed by atoms with E-state index in [9.17, 15) is 29.4 Å². The molecule has 4 N–H and O–H groups in total. The van der Waals surface area contributed by atoms with Crippen LogP contribution in [0.5, 0.6) is 6.01 Å². The summed E-state index contributed by atoms with van der Waals surface area (Å²) in [7, 11) is 0. The molecule has 5 aromatic heterocycles. The Morgan fingerprint density at radius 3 is 1.68 bits per heavy atom. The predicted molar refractivity (Wildman–Crippen MR) is 276 cm³/mol. The summed E-state index contributed by atoms with van der Waals surface area (Å²) in [5.41, 5.74) is 8.33. The molecule has 382 valence electrons. The molecule has 0 saturated heterocycles. The van der Waals surface area contributed by atoms with Gasteiger partial charge in [-0.1, -0.05) is 99.8 Å². The van der Waals surface area contributed by atoms with Gasteiger partial charge < -0.3 is 35.5 Å². The van der Waals surface area contributed by atoms with E-state index < -0.39 is 30.1 Å². The number of pyridine rings is 2. The van der Waals surface area contributed by atoms with E-state index in [0.29, 0.717) is 56.1 Å². The van der Waals surface area contributed by atoms with Gasteiger partial charge in [0.2, 0.25) is 17.1 Å². The number of nitrogens with one attached hydrogen (secondary N) is 2. The van der Waals surface area contributed by atoms with E-state index in [1.807, 2.05) is 74.5 Å². The average Bonchev–Trinajstić information content (AvgIpc) is 4.09. The SMILES string of the molecule is Cc1cccc([C@@H](CO)NC(=O)[C@@H](C)N2Cc3ncc(-c4nc(Cl)ncc4Cl)cc3C2=O)c1.Cc1cccc([C@@H](CO)NC(=O)[C@@H](C)N2Cc3ncc(-c4nc(On5nnc6ccccc65)ncc4Cl)cc3C2=O)c1. The second-order valence-electron chi connectivity index (χ2n) is 17.7. The number of aryl methyl sites for hydroxylation is 2. The van der Waals surface area contributed by atoms with Gasteiger partial charge in [-0.2, -0.15) is 4.98 Å². The first kappa shape index (κ1) is 51.9. The molecular weight excluding hydrogens is 1030 g/mol. The van der Waals surface area contributed by atoms with Crippen LogP contribution in [0.1, 0.15) is 80.3 Å². The van der Waals surface area contributed by atoms with Crippen molar-refractivity contribution in [2.75, 3.05) is 13.2 Å². The average molecular weight is 1070 g/mol. The number of hydrogen-bond acceptors (Lipinski definition) is 15. The predicted octanol–water partition coefficient (Wildman–Crippen LogP) is 6.63. The minimum absolute atomic E-state index is 0.0280. The number of benzene rings is 3. The van der Waals surface area contributed by atoms with Crippen LogP contribution in [-0.4, -0.2) is 114 Å². The van der Waals surface area contributed by atoms with Crippen molar-refractivity contribution >= 4 is 69.5 Å². The number of halogens is 3. The smallest absolute Gasteiger partial charge is 0.346 e. The van der Waals surface area contributed by atoms with Crippen molar-refractivity contribution in [2.45, 2.75) is 65.0 Å². The highest BCUT2D eigenvalue weighted by Gasteiger charge is 2.37. The van der Waals surface area contributed by atoms with Crippen LogP contribution in [-0.2, 0) is 22.7 Å². The maximum atomic E-state index is 13.4. The Morgan fingerprint density at radius 2 is 1.16 bits per heavy atom. The van der Waals surface area contributed by atoms with Crippen LogP contribution < -0.4 is 15.5 Å². The lowest BCUT2D eigenvalue weighted by atomic mass is 10.0. The van der Waals surface area contributed by atoms with Crippen LogP contribution in [0.3, 0.4) is 0 Å². The second kappa shape index (κ2) is 22.2. The quantitative estimate of drug-likeness (QED) is 0.0834. The number of para-hydroxylation sites is 1. The van der Waals surface area contributed by atoms with Crippen LogP contribution in [0.2, 0.25) is 15.3 Å². The summed E-state index contributed by atoms with van der Waals surface area (Å²) >= 11 is 18.5. The normalized spacial score (nSPS) is 14.4. The molecule has 3 aromatic carbocycles. The fourth-order valence-electron chi connectivity index (χ4n) is 8.52. The summed E-state index contributed by atoms with van der Waals surface area (Å²) in [4.78, 5) is 87.8. The van der Waals surface area contributed by atoms with Crippen LogP contribution in [0.25, 0.3) is 33.5 Å². The van der Waals surface area contributed by atoms with Crippen LogP contribution >= 0.6 is 34.8 Å². The minimum Gasteiger partial charge on any atom is -0.394 e. The third-order valence-corrected chi connectivity index (χ3v) is 13.4. The number of fused-ring (bicyclic) bond motifs is 3. The van der Waals surface area contributed by atoms with Gasteiger partial charge in [0.25, 0.3) is 11.8 Å². The van der Waals surface area contributed by atoms with Crippen molar-refractivity contribution in [3.8, 4) is 28.5 Å². The van der Waals surface area contributed by atoms with E-state index >= 15 is 0 Å². The van der Waals surface area contributed by atoms with Gasteiger partial charge in [0.15, 0.2) is 0 Å². The molecule has 0 saturated carbocycles. The van der Waals surface area contributed by atoms with Gasteiger partial charge in [-0.15, -0.1) is 5.10 Å². The third-order valence-electron chi connectivity index (χ3n) is 12.6. The maximum absolute atomic E-state index is 13.4. The first-order valence-corrected chi connectivity index (χ1v) is 24.5. The summed E-state index contributed by atoms with van der Waals surface area (Å²) in [6, 6.07) is 22.8. The Morgan fingerprint density at radius 1 is 0.653 bits per heavy atom. The summed E-state index contributed by atoms with van der Waals surface area (Å²) in [6.07, 6.45) is 5.89. The number of aliphatic hydroxyl groups is 2. The van der Waals surface area contributed by atoms with Gasteiger partial charge in [0.05, 0.1) is 94.7 Å². The van der Waals surface area contributed by atoms with E-state index in [0.717, 1.165) is 22.3 Å². The third kappa shape index (κ3) is 11.1. The number of carbonyl (C=O) groups is 4. The lowest BCUT2D eigenvalue weighted by Crippen LogP contribution is -2.46. The summed E-state index contributed by atoms with van der Waals surface area (Å²) in [5, 5.41) is 34.0. The molecule has 10 rings (SSSR count). The summed E-state index contributed by atoms with van der Waals surface area (Å²) in [6.45, 7) is 6.97. The number of amides is 4. The second-order valence-corrected chi connectivity index (χ2v) is 18.8. The molecule has 0 aliphatic carbocycles. The summed E-state index contributed by atoms with van der Waals surface area (Å²) < 4.78 is 0. The number of aliphatic hydroxyl groups excluding tert-OH is 2. The molecule has 75 heavy (non-hydrogen) atoms. The standard InChI is InChI=1S/C29H25ClN8O4.C23H21Cl2N5O3/c1-16-6-5-7-18(10-16)24(15-39)33-27(40)17(2)37-14-23-20(28(37)41)11-19(12-31-23)26-21(30)13-32-29(34-26)42-38-25-9-4-3-8-22(25)35-36-38;1-12-4-3-5-14(6-12)19(11-31)28-21(32)13(2)30-10-18-16(22(30)33)7-15(8-26-18)20-17(24)9-27-23(25)29-20/h3-13,17,24,39H,14-15H2,1-2H3,(H,33,40);3-9,13,19,31H,10-11H2,1-2H3,(H,28,32)/t17-,24-;13-,19-/m11/s1. The highest BCUT2D eigenvalue weighted by atomic mass is 35.5. The van der Waals surface area contributed by atoms with Gasteiger partial charge >= 0.3 is 6.01 Å². The first-order chi connectivity index (χ1) is 36.1. The molecule has 4 atom stereocenters. The molecule has 2 aliphatic heterocycles. The molecule has 2 aliphatic rings. The highest BCUT2D eigenvalue weighted by Crippen LogP contribution is 2.33. The Bertz CT molecular complexity index is 3510. The van der Waals surface area contributed by atoms with Crippen LogP contribution in [0, 0.1) is 13.8 Å². The van der Waals surface area contributed by atoms with Gasteiger partial charge in [-0.05, 0) is 79.9 Å². The Balaban J connectivity index is 0.000000189. The molecule has 0 unspecified atom stereocenters. The molecule has 0 fully saturated rings. The van der Waals surface area contributed by atoms with Crippen molar-refractivity contribution in [1.29, 1.82) is 0 Å². The Labute approximate surface area is 443 Å². The number of rotatable bonds is 14. The van der Waals surface area contributed by atoms with Crippen molar-refractivity contribution in [2.24, 2.45) is 0 Å². The number of carbonyl (C=O) groups excluding carboxylic acids is 4. The van der Waals surface area contributed by atoms with Gasteiger partial charge in [-0.3, -0.25) is 29.1 Å². The fourth-order valence-corrected chi connectivity index (χ4v) is 9.05. The zero-order chi connectivity index (χ0) is 53.1. The van der Waals surface area contributed by atoms with Crippen molar-refractivity contribution in [3.05, 3.63) is 170 Å². The Kier molecular flexibility index (Phi) is 15.4. The van der Waals surface area contributed by atoms with Gasteiger partial charge in [0, 0.05) is 23.5 Å². The van der Waals surface area contributed by atoms with E-state index in [-0.39, 0.29) is 65.4 Å². The molecule has 20 nitrogen and oxygen atoms in total. The number of aromatic nitrogens is 9. The molecule has 0 bridgehead atoms. The van der Waals surface area contributed by atoms with Gasteiger partial charge in [-0.25, -0.2) is 15.0 Å². The van der Waals surface area contributed by atoms with E-state index in [2.05, 4.69) is 50.8 Å². The molecule has 7 heterocycles. The van der Waals surface area contributed by atoms with Crippen molar-refractivity contribution in [3.63, 3.8) is 0 Å². The lowest BCUT2D eigenvalue weighted by molar-refractivity contribution is -0.127. The zero-order valence-corrected chi connectivity index (χ0v) is 42.8. The fraction of sp³-hybridized carbons (Fsp3) is 0.231. The maximum Gasteiger partial charge on any atom is 0.346 e. The number of hydrogen-bond donors (Lipinski definition) is 4. The van der Waals surface area contributed by atoms with Crippen molar-refractivity contribution < 1.29 is 34.2 Å². The largest absolute Gasteiger partial charge is 0.394 e. The molecule has 0 radical (unpaired) electrons. The Hall–Kier alpha value is -8.01. The first-order valence-electron chi connectivity index (χ1n) is 23.4. The molecule has 0 spiro atoms.